The summed E-state index contributed by atoms with van der Waals surface area (Å²) < 4.78 is 16.4. The first kappa shape index (κ1) is 17.2. The highest BCUT2D eigenvalue weighted by Gasteiger charge is 2.35. The molecular weight excluding hydrogens is 348 g/mol. The summed E-state index contributed by atoms with van der Waals surface area (Å²) in [5, 5.41) is 5.69. The van der Waals surface area contributed by atoms with Crippen molar-refractivity contribution in [2.75, 3.05) is 13.2 Å². The number of benzene rings is 2. The van der Waals surface area contributed by atoms with Gasteiger partial charge < -0.3 is 24.8 Å². The normalized spacial score (nSPS) is 20.7. The summed E-state index contributed by atoms with van der Waals surface area (Å²) in [4.78, 5) is 24.1. The molecule has 0 radical (unpaired) electrons. The van der Waals surface area contributed by atoms with Gasteiger partial charge in [0, 0.05) is 6.42 Å². The molecule has 140 valence electrons. The van der Waals surface area contributed by atoms with Crippen LogP contribution in [-0.2, 0) is 16.1 Å². The molecule has 2 aromatic carbocycles. The maximum absolute atomic E-state index is 12.2. The fourth-order valence-corrected chi connectivity index (χ4v) is 3.27. The van der Waals surface area contributed by atoms with Gasteiger partial charge in [0.05, 0.1) is 12.1 Å². The summed E-state index contributed by atoms with van der Waals surface area (Å²) in [5.74, 6) is 1.20. The first-order valence-corrected chi connectivity index (χ1v) is 8.85. The Hall–Kier alpha value is -3.22. The lowest BCUT2D eigenvalue weighted by Crippen LogP contribution is -2.38. The molecule has 2 aliphatic rings. The number of rotatable bonds is 4. The van der Waals surface area contributed by atoms with E-state index in [4.69, 9.17) is 14.2 Å². The number of nitrogens with one attached hydrogen (secondary N) is 2. The molecule has 4 rings (SSSR count). The van der Waals surface area contributed by atoms with E-state index < -0.39 is 12.1 Å². The lowest BCUT2D eigenvalue weighted by molar-refractivity contribution is -0.119. The Balaban J connectivity index is 1.42. The van der Waals surface area contributed by atoms with Crippen molar-refractivity contribution in [2.45, 2.75) is 25.1 Å². The molecule has 2 heterocycles. The number of amides is 2. The zero-order valence-electron chi connectivity index (χ0n) is 14.6. The average Bonchev–Trinajstić information content (AvgIpc) is 3.07. The number of fused-ring (bicyclic) bond motifs is 1. The topological polar surface area (TPSA) is 85.9 Å². The van der Waals surface area contributed by atoms with E-state index in [0.717, 1.165) is 11.1 Å². The van der Waals surface area contributed by atoms with E-state index in [2.05, 4.69) is 10.6 Å². The van der Waals surface area contributed by atoms with Crippen molar-refractivity contribution in [3.63, 3.8) is 0 Å². The van der Waals surface area contributed by atoms with E-state index in [1.807, 2.05) is 48.5 Å². The van der Waals surface area contributed by atoms with Crippen molar-refractivity contribution in [3.05, 3.63) is 59.7 Å². The number of hydrogen-bond acceptors (Lipinski definition) is 5. The van der Waals surface area contributed by atoms with Gasteiger partial charge in [-0.05, 0) is 23.3 Å². The summed E-state index contributed by atoms with van der Waals surface area (Å²) in [6.07, 6.45) is -0.359. The summed E-state index contributed by atoms with van der Waals surface area (Å²) >= 11 is 0. The van der Waals surface area contributed by atoms with Gasteiger partial charge in [-0.25, -0.2) is 4.79 Å². The van der Waals surface area contributed by atoms with Crippen LogP contribution in [-0.4, -0.2) is 31.3 Å². The predicted molar refractivity (Wildman–Crippen MR) is 96.5 cm³/mol. The summed E-state index contributed by atoms with van der Waals surface area (Å²) in [6, 6.07) is 14.2. The predicted octanol–water partition coefficient (Wildman–Crippen LogP) is 2.31. The van der Waals surface area contributed by atoms with Crippen molar-refractivity contribution in [3.8, 4) is 11.5 Å². The van der Waals surface area contributed by atoms with Crippen LogP contribution in [0.3, 0.4) is 0 Å². The minimum Gasteiger partial charge on any atom is -0.486 e. The number of carbonyl (C=O) groups is 2. The van der Waals surface area contributed by atoms with Crippen molar-refractivity contribution >= 4 is 12.0 Å². The summed E-state index contributed by atoms with van der Waals surface area (Å²) in [6.45, 7) is 1.18. The van der Waals surface area contributed by atoms with Crippen LogP contribution < -0.4 is 20.1 Å². The number of hydrogen-bond donors (Lipinski definition) is 2. The number of alkyl carbamates (subject to hydrolysis) is 1. The van der Waals surface area contributed by atoms with Gasteiger partial charge in [0.25, 0.3) is 0 Å². The van der Waals surface area contributed by atoms with Gasteiger partial charge in [0.2, 0.25) is 5.91 Å². The first-order chi connectivity index (χ1) is 13.2. The molecule has 2 amide bonds. The number of carbonyl (C=O) groups excluding carboxylic acids is 2. The fourth-order valence-electron chi connectivity index (χ4n) is 3.27. The Labute approximate surface area is 156 Å². The third-order valence-corrected chi connectivity index (χ3v) is 4.57. The summed E-state index contributed by atoms with van der Waals surface area (Å²) in [5.41, 5.74) is 1.75. The van der Waals surface area contributed by atoms with Crippen molar-refractivity contribution < 1.29 is 23.8 Å². The molecule has 0 aromatic heterocycles. The highest BCUT2D eigenvalue weighted by Crippen LogP contribution is 2.35. The van der Waals surface area contributed by atoms with Crippen LogP contribution in [0.5, 0.6) is 11.5 Å². The van der Waals surface area contributed by atoms with Crippen LogP contribution in [0.15, 0.2) is 48.5 Å². The molecule has 2 aromatic rings. The van der Waals surface area contributed by atoms with E-state index in [-0.39, 0.29) is 25.0 Å². The van der Waals surface area contributed by atoms with Crippen LogP contribution in [0.4, 0.5) is 4.79 Å². The largest absolute Gasteiger partial charge is 0.486 e. The molecule has 0 saturated carbocycles. The van der Waals surface area contributed by atoms with Crippen LogP contribution in [0.1, 0.15) is 23.6 Å². The zero-order valence-corrected chi connectivity index (χ0v) is 14.6. The quantitative estimate of drug-likeness (QED) is 0.865. The van der Waals surface area contributed by atoms with Crippen LogP contribution >= 0.6 is 0 Å². The van der Waals surface area contributed by atoms with Gasteiger partial charge in [-0.3, -0.25) is 4.79 Å². The smallest absolute Gasteiger partial charge is 0.407 e. The Morgan fingerprint density at radius 2 is 1.89 bits per heavy atom. The zero-order chi connectivity index (χ0) is 18.6. The second kappa shape index (κ2) is 7.57. The molecule has 2 aliphatic heterocycles. The highest BCUT2D eigenvalue weighted by molar-refractivity contribution is 5.81. The Kier molecular flexibility index (Phi) is 4.82. The Bertz CT molecular complexity index is 840. The maximum Gasteiger partial charge on any atom is 0.407 e. The maximum atomic E-state index is 12.2. The first-order valence-electron chi connectivity index (χ1n) is 8.85. The number of ether oxygens (including phenoxy) is 3. The fraction of sp³-hybridized carbons (Fsp3) is 0.300. The van der Waals surface area contributed by atoms with Crippen LogP contribution in [0, 0.1) is 0 Å². The molecule has 0 spiro atoms. The Morgan fingerprint density at radius 3 is 2.70 bits per heavy atom. The third kappa shape index (κ3) is 3.97. The second-order valence-electron chi connectivity index (χ2n) is 6.46. The van der Waals surface area contributed by atoms with Gasteiger partial charge in [0.15, 0.2) is 11.5 Å². The van der Waals surface area contributed by atoms with Crippen LogP contribution in [0.25, 0.3) is 0 Å². The molecule has 1 unspecified atom stereocenters. The van der Waals surface area contributed by atoms with E-state index in [1.165, 1.54) is 0 Å². The molecule has 2 atom stereocenters. The monoisotopic (exact) mass is 368 g/mol. The lowest BCUT2D eigenvalue weighted by atomic mass is 10.0. The van der Waals surface area contributed by atoms with Crippen molar-refractivity contribution in [1.82, 2.24) is 10.6 Å². The van der Waals surface area contributed by atoms with Crippen LogP contribution in [0.2, 0.25) is 0 Å². The van der Waals surface area contributed by atoms with E-state index >= 15 is 0 Å². The van der Waals surface area contributed by atoms with Gasteiger partial charge in [-0.15, -0.1) is 0 Å². The molecule has 1 saturated heterocycles. The lowest BCUT2D eigenvalue weighted by Gasteiger charge is -2.23. The minimum atomic E-state index is -0.553. The molecule has 7 heteroatoms. The van der Waals surface area contributed by atoms with E-state index in [1.54, 1.807) is 0 Å². The summed E-state index contributed by atoms with van der Waals surface area (Å²) in [7, 11) is 0. The van der Waals surface area contributed by atoms with Gasteiger partial charge >= 0.3 is 6.09 Å². The van der Waals surface area contributed by atoms with Crippen molar-refractivity contribution in [1.29, 1.82) is 0 Å². The minimum absolute atomic E-state index is 0.122. The molecule has 1 fully saturated rings. The van der Waals surface area contributed by atoms with E-state index in [9.17, 15) is 9.59 Å². The highest BCUT2D eigenvalue weighted by atomic mass is 16.6. The molecule has 7 nitrogen and oxygen atoms in total. The Morgan fingerprint density at radius 1 is 1.11 bits per heavy atom. The molecule has 2 N–H and O–H groups in total. The molecule has 27 heavy (non-hydrogen) atoms. The molecular formula is C20H20N2O5. The standard InChI is InChI=1S/C20H20N2O5/c23-18-11-15(21-20(24)27-12-13-4-2-1-3-5-13)19(22-18)14-6-7-16-17(10-14)26-9-8-25-16/h1-7,10,15,19H,8-9,11-12H2,(H,21,24)(H,22,23)/t15-,19?/m0/s1. The average molecular weight is 368 g/mol. The van der Waals surface area contributed by atoms with Gasteiger partial charge in [-0.2, -0.15) is 0 Å². The molecule has 0 bridgehead atoms. The van der Waals surface area contributed by atoms with Crippen molar-refractivity contribution in [2.24, 2.45) is 0 Å². The molecule has 0 aliphatic carbocycles. The van der Waals surface area contributed by atoms with Gasteiger partial charge in [0.1, 0.15) is 19.8 Å². The second-order valence-corrected chi connectivity index (χ2v) is 6.46. The third-order valence-electron chi connectivity index (χ3n) is 4.57. The van der Waals surface area contributed by atoms with Gasteiger partial charge in [-0.1, -0.05) is 36.4 Å². The SMILES string of the molecule is O=C1C[C@H](NC(=O)OCc2ccccc2)C(c2ccc3c(c2)OCCO3)N1. The van der Waals surface area contributed by atoms with E-state index in [0.29, 0.717) is 24.7 Å².